The third-order valence-corrected chi connectivity index (χ3v) is 5.48. The van der Waals surface area contributed by atoms with E-state index in [9.17, 15) is 0 Å². The van der Waals surface area contributed by atoms with E-state index in [2.05, 4.69) is 37.6 Å². The molecular weight excluding hydrogens is 402 g/mol. The van der Waals surface area contributed by atoms with Crippen molar-refractivity contribution in [3.8, 4) is 11.5 Å². The van der Waals surface area contributed by atoms with Crippen molar-refractivity contribution in [3.05, 3.63) is 47.2 Å². The SMILES string of the molecule is CN=C(NCCc1ccc(Cl)nc1)NC1CCN(c2cc(OC)cc(OC)c2)CC1. The second kappa shape index (κ2) is 10.9. The van der Waals surface area contributed by atoms with E-state index >= 15 is 0 Å². The molecule has 0 aliphatic carbocycles. The maximum atomic E-state index is 5.83. The maximum absolute atomic E-state index is 5.83. The third kappa shape index (κ3) is 6.16. The largest absolute Gasteiger partial charge is 0.497 e. The van der Waals surface area contributed by atoms with Gasteiger partial charge in [0.15, 0.2) is 5.96 Å². The maximum Gasteiger partial charge on any atom is 0.191 e. The minimum absolute atomic E-state index is 0.386. The van der Waals surface area contributed by atoms with Crippen molar-refractivity contribution >= 4 is 23.2 Å². The summed E-state index contributed by atoms with van der Waals surface area (Å²) in [6, 6.07) is 10.2. The van der Waals surface area contributed by atoms with Gasteiger partial charge in [-0.05, 0) is 30.9 Å². The number of piperidine rings is 1. The Kier molecular flexibility index (Phi) is 8.02. The molecule has 0 atom stereocenters. The fraction of sp³-hybridized carbons (Fsp3) is 0.455. The minimum Gasteiger partial charge on any atom is -0.497 e. The van der Waals surface area contributed by atoms with Crippen LogP contribution in [0.3, 0.4) is 0 Å². The van der Waals surface area contributed by atoms with E-state index in [-0.39, 0.29) is 0 Å². The number of guanidine groups is 1. The molecule has 30 heavy (non-hydrogen) atoms. The Morgan fingerprint density at radius 2 is 1.87 bits per heavy atom. The number of nitrogens with zero attached hydrogens (tertiary/aromatic N) is 3. The zero-order valence-electron chi connectivity index (χ0n) is 17.8. The first-order valence-corrected chi connectivity index (χ1v) is 10.5. The number of hydrogen-bond acceptors (Lipinski definition) is 5. The van der Waals surface area contributed by atoms with E-state index in [1.54, 1.807) is 21.3 Å². The van der Waals surface area contributed by atoms with Gasteiger partial charge in [-0.3, -0.25) is 4.99 Å². The molecule has 3 rings (SSSR count). The molecule has 2 N–H and O–H groups in total. The van der Waals surface area contributed by atoms with E-state index in [1.807, 2.05) is 24.4 Å². The molecule has 2 heterocycles. The van der Waals surface area contributed by atoms with Crippen LogP contribution in [-0.4, -0.2) is 57.9 Å². The lowest BCUT2D eigenvalue weighted by Gasteiger charge is -2.34. The summed E-state index contributed by atoms with van der Waals surface area (Å²) in [4.78, 5) is 10.8. The number of methoxy groups -OCH3 is 2. The highest BCUT2D eigenvalue weighted by Gasteiger charge is 2.21. The average molecular weight is 432 g/mol. The van der Waals surface area contributed by atoms with Gasteiger partial charge < -0.3 is 25.0 Å². The van der Waals surface area contributed by atoms with E-state index in [1.165, 1.54) is 0 Å². The fourth-order valence-corrected chi connectivity index (χ4v) is 3.64. The van der Waals surface area contributed by atoms with Crippen LogP contribution < -0.4 is 25.0 Å². The first-order chi connectivity index (χ1) is 14.6. The average Bonchev–Trinajstić information content (AvgIpc) is 2.79. The molecule has 1 aromatic heterocycles. The Labute approximate surface area is 183 Å². The molecule has 0 bridgehead atoms. The van der Waals surface area contributed by atoms with E-state index < -0.39 is 0 Å². The minimum atomic E-state index is 0.386. The number of anilines is 1. The van der Waals surface area contributed by atoms with Crippen LogP contribution in [0, 0.1) is 0 Å². The molecule has 0 saturated carbocycles. The van der Waals surface area contributed by atoms with Gasteiger partial charge >= 0.3 is 0 Å². The Morgan fingerprint density at radius 3 is 2.43 bits per heavy atom. The number of nitrogens with one attached hydrogen (secondary N) is 2. The van der Waals surface area contributed by atoms with Crippen molar-refractivity contribution in [2.45, 2.75) is 25.3 Å². The second-order valence-corrected chi connectivity index (χ2v) is 7.60. The van der Waals surface area contributed by atoms with Gasteiger partial charge in [-0.2, -0.15) is 0 Å². The molecule has 1 aliphatic rings. The lowest BCUT2D eigenvalue weighted by molar-refractivity contribution is 0.393. The number of halogens is 1. The summed E-state index contributed by atoms with van der Waals surface area (Å²) < 4.78 is 10.8. The zero-order chi connectivity index (χ0) is 21.3. The summed E-state index contributed by atoms with van der Waals surface area (Å²) in [6.45, 7) is 2.70. The summed E-state index contributed by atoms with van der Waals surface area (Å²) in [5, 5.41) is 7.45. The fourth-order valence-electron chi connectivity index (χ4n) is 3.52. The van der Waals surface area contributed by atoms with E-state index in [0.29, 0.717) is 11.2 Å². The number of hydrogen-bond donors (Lipinski definition) is 2. The molecule has 2 aromatic rings. The molecule has 162 valence electrons. The number of aromatic nitrogens is 1. The molecule has 0 amide bonds. The summed E-state index contributed by atoms with van der Waals surface area (Å²) in [7, 11) is 5.16. The lowest BCUT2D eigenvalue weighted by Crippen LogP contribution is -2.49. The van der Waals surface area contributed by atoms with Crippen LogP contribution in [-0.2, 0) is 6.42 Å². The Bertz CT molecular complexity index is 814. The van der Waals surface area contributed by atoms with E-state index in [4.69, 9.17) is 21.1 Å². The third-order valence-electron chi connectivity index (χ3n) is 5.26. The van der Waals surface area contributed by atoms with Crippen molar-refractivity contribution in [1.29, 1.82) is 0 Å². The zero-order valence-corrected chi connectivity index (χ0v) is 18.6. The van der Waals surface area contributed by atoms with Gasteiger partial charge in [-0.15, -0.1) is 0 Å². The number of ether oxygens (including phenoxy) is 2. The monoisotopic (exact) mass is 431 g/mol. The van der Waals surface area contributed by atoms with Gasteiger partial charge in [0.05, 0.1) is 14.2 Å². The highest BCUT2D eigenvalue weighted by atomic mass is 35.5. The number of rotatable bonds is 7. The molecule has 1 aliphatic heterocycles. The van der Waals surface area contributed by atoms with Crippen LogP contribution in [0.5, 0.6) is 11.5 Å². The number of benzene rings is 1. The predicted octanol–water partition coefficient (Wildman–Crippen LogP) is 3.13. The smallest absolute Gasteiger partial charge is 0.191 e. The molecule has 7 nitrogen and oxygen atoms in total. The van der Waals surface area contributed by atoms with Gasteiger partial charge in [0.25, 0.3) is 0 Å². The van der Waals surface area contributed by atoms with E-state index in [0.717, 1.165) is 67.6 Å². The summed E-state index contributed by atoms with van der Waals surface area (Å²) >= 11 is 5.83. The molecule has 0 unspecified atom stereocenters. The summed E-state index contributed by atoms with van der Waals surface area (Å²) in [5.74, 6) is 2.45. The van der Waals surface area contributed by atoms with Crippen molar-refractivity contribution in [2.24, 2.45) is 4.99 Å². The van der Waals surface area contributed by atoms with Gasteiger partial charge in [-0.1, -0.05) is 17.7 Å². The number of pyridine rings is 1. The van der Waals surface area contributed by atoms with Crippen molar-refractivity contribution in [2.75, 3.05) is 45.8 Å². The molecule has 0 spiro atoms. The van der Waals surface area contributed by atoms with Crippen LogP contribution in [0.1, 0.15) is 18.4 Å². The molecular formula is C22H30ClN5O2. The van der Waals surface area contributed by atoms with Crippen molar-refractivity contribution < 1.29 is 9.47 Å². The van der Waals surface area contributed by atoms with Crippen LogP contribution in [0.2, 0.25) is 5.15 Å². The standard InChI is InChI=1S/C22H30ClN5O2/c1-24-22(25-9-6-16-4-5-21(23)26-15-16)27-17-7-10-28(11-8-17)18-12-19(29-2)14-20(13-18)30-3/h4-5,12-15,17H,6-11H2,1-3H3,(H2,24,25,27). The van der Waals surface area contributed by atoms with Gasteiger partial charge in [0.2, 0.25) is 0 Å². The molecule has 8 heteroatoms. The first kappa shape index (κ1) is 22.0. The highest BCUT2D eigenvalue weighted by molar-refractivity contribution is 6.29. The Morgan fingerprint density at radius 1 is 1.17 bits per heavy atom. The second-order valence-electron chi connectivity index (χ2n) is 7.21. The van der Waals surface area contributed by atoms with Crippen molar-refractivity contribution in [1.82, 2.24) is 15.6 Å². The Balaban J connectivity index is 1.46. The van der Waals surface area contributed by atoms with Gasteiger partial charge in [-0.25, -0.2) is 4.98 Å². The van der Waals surface area contributed by atoms with Gasteiger partial charge in [0.1, 0.15) is 16.7 Å². The van der Waals surface area contributed by atoms with Crippen LogP contribution in [0.4, 0.5) is 5.69 Å². The quantitative estimate of drug-likeness (QED) is 0.398. The molecule has 1 saturated heterocycles. The molecule has 0 radical (unpaired) electrons. The number of aliphatic imine (C=N–C) groups is 1. The highest BCUT2D eigenvalue weighted by Crippen LogP contribution is 2.30. The van der Waals surface area contributed by atoms with Crippen molar-refractivity contribution in [3.63, 3.8) is 0 Å². The first-order valence-electron chi connectivity index (χ1n) is 10.2. The van der Waals surface area contributed by atoms with Gasteiger partial charge in [0, 0.05) is 62.8 Å². The summed E-state index contributed by atoms with van der Waals surface area (Å²) in [5.41, 5.74) is 2.27. The topological polar surface area (TPSA) is 71.0 Å². The van der Waals surface area contributed by atoms with Crippen LogP contribution in [0.25, 0.3) is 0 Å². The van der Waals surface area contributed by atoms with Crippen LogP contribution in [0.15, 0.2) is 41.5 Å². The molecule has 1 aromatic carbocycles. The normalized spacial score (nSPS) is 15.1. The lowest BCUT2D eigenvalue weighted by atomic mass is 10.0. The summed E-state index contributed by atoms with van der Waals surface area (Å²) in [6.07, 6.45) is 4.73. The van der Waals surface area contributed by atoms with Crippen LogP contribution >= 0.6 is 11.6 Å². The molecule has 1 fully saturated rings. The Hall–Kier alpha value is -2.67. The predicted molar refractivity (Wildman–Crippen MR) is 122 cm³/mol.